The molecule has 2 aromatic rings. The maximum Gasteiger partial charge on any atom is 0.318 e. The number of thiocarbonyl (C=S) groups is 1. The smallest absolute Gasteiger partial charge is 0.318 e. The van der Waals surface area contributed by atoms with Gasteiger partial charge in [-0.2, -0.15) is 0 Å². The Labute approximate surface area is 126 Å². The Morgan fingerprint density at radius 3 is 3.14 bits per heavy atom. The summed E-state index contributed by atoms with van der Waals surface area (Å²) in [6.07, 6.45) is 0. The lowest BCUT2D eigenvalue weighted by Crippen LogP contribution is -2.41. The Bertz CT molecular complexity index is 739. The zero-order valence-electron chi connectivity index (χ0n) is 11.3. The molecular weight excluding hydrogens is 290 g/mol. The molecule has 0 spiro atoms. The third kappa shape index (κ3) is 2.75. The third-order valence-corrected chi connectivity index (χ3v) is 3.51. The molecule has 1 aliphatic rings. The minimum atomic E-state index is -0.425. The summed E-state index contributed by atoms with van der Waals surface area (Å²) >= 11 is 4.93. The molecular formula is C13H13N5O2S. The van der Waals surface area contributed by atoms with Crippen molar-refractivity contribution >= 4 is 40.0 Å². The molecule has 108 valence electrons. The van der Waals surface area contributed by atoms with E-state index < -0.39 is 5.92 Å². The molecule has 2 heterocycles. The Morgan fingerprint density at radius 1 is 1.52 bits per heavy atom. The van der Waals surface area contributed by atoms with Gasteiger partial charge in [0.15, 0.2) is 11.8 Å². The lowest BCUT2D eigenvalue weighted by Gasteiger charge is -2.20. The van der Waals surface area contributed by atoms with Crippen molar-refractivity contribution in [2.75, 3.05) is 6.54 Å². The number of aliphatic imine (C=N–C) groups is 1. The average molecular weight is 303 g/mol. The molecule has 8 heteroatoms. The number of esters is 1. The van der Waals surface area contributed by atoms with Gasteiger partial charge in [-0.25, -0.2) is 9.67 Å². The van der Waals surface area contributed by atoms with E-state index in [4.69, 9.17) is 17.0 Å². The maximum absolute atomic E-state index is 12.1. The molecule has 0 amide bonds. The standard InChI is InChI=1S/C13H13N5O2S/c1-8-9(6-14-13(21)15-8)12(19)20-7-18-11-5-3-2-4-10(11)16-17-18/h2-5,9H,6-7H2,1H3,(H,14,21). The first-order valence-corrected chi connectivity index (χ1v) is 6.84. The van der Waals surface area contributed by atoms with Gasteiger partial charge in [-0.1, -0.05) is 17.3 Å². The van der Waals surface area contributed by atoms with E-state index in [0.717, 1.165) is 11.0 Å². The number of fused-ring (bicyclic) bond motifs is 1. The number of carbonyl (C=O) groups is 1. The van der Waals surface area contributed by atoms with Crippen LogP contribution in [-0.4, -0.2) is 38.3 Å². The Kier molecular flexibility index (Phi) is 3.61. The van der Waals surface area contributed by atoms with Gasteiger partial charge in [0.1, 0.15) is 11.4 Å². The molecule has 3 rings (SSSR count). The fraction of sp³-hybridized carbons (Fsp3) is 0.308. The number of aromatic nitrogens is 3. The summed E-state index contributed by atoms with van der Waals surface area (Å²) in [4.78, 5) is 16.2. The number of nitrogens with zero attached hydrogens (tertiary/aromatic N) is 4. The molecule has 0 aliphatic carbocycles. The van der Waals surface area contributed by atoms with Gasteiger partial charge < -0.3 is 10.1 Å². The molecule has 1 atom stereocenters. The van der Waals surface area contributed by atoms with E-state index in [0.29, 0.717) is 17.4 Å². The van der Waals surface area contributed by atoms with Gasteiger partial charge in [0.05, 0.1) is 5.52 Å². The zero-order valence-corrected chi connectivity index (χ0v) is 12.1. The molecule has 1 aliphatic heterocycles. The summed E-state index contributed by atoms with van der Waals surface area (Å²) in [5.74, 6) is -0.780. The largest absolute Gasteiger partial charge is 0.442 e. The van der Waals surface area contributed by atoms with E-state index >= 15 is 0 Å². The highest BCUT2D eigenvalue weighted by atomic mass is 32.1. The minimum Gasteiger partial charge on any atom is -0.442 e. The average Bonchev–Trinajstić information content (AvgIpc) is 2.88. The minimum absolute atomic E-state index is 0.0214. The summed E-state index contributed by atoms with van der Waals surface area (Å²) in [5.41, 5.74) is 2.24. The van der Waals surface area contributed by atoms with Crippen LogP contribution in [0, 0.1) is 5.92 Å². The van der Waals surface area contributed by atoms with Crippen molar-refractivity contribution in [2.45, 2.75) is 13.7 Å². The molecule has 1 aromatic carbocycles. The van der Waals surface area contributed by atoms with E-state index in [1.54, 1.807) is 11.6 Å². The number of ether oxygens (including phenoxy) is 1. The van der Waals surface area contributed by atoms with Crippen LogP contribution in [-0.2, 0) is 16.3 Å². The van der Waals surface area contributed by atoms with Crippen LogP contribution in [0.4, 0.5) is 0 Å². The topological polar surface area (TPSA) is 81.4 Å². The molecule has 0 saturated carbocycles. The van der Waals surface area contributed by atoms with E-state index in [-0.39, 0.29) is 12.7 Å². The number of hydrogen-bond donors (Lipinski definition) is 1. The zero-order chi connectivity index (χ0) is 14.8. The van der Waals surface area contributed by atoms with Gasteiger partial charge in [-0.05, 0) is 31.3 Å². The molecule has 0 radical (unpaired) electrons. The lowest BCUT2D eigenvalue weighted by atomic mass is 10.0. The van der Waals surface area contributed by atoms with Crippen molar-refractivity contribution in [3.8, 4) is 0 Å². The van der Waals surface area contributed by atoms with Crippen molar-refractivity contribution in [1.82, 2.24) is 20.3 Å². The first kappa shape index (κ1) is 13.6. The van der Waals surface area contributed by atoms with Gasteiger partial charge >= 0.3 is 5.97 Å². The highest BCUT2D eigenvalue weighted by Gasteiger charge is 2.26. The normalized spacial score (nSPS) is 18.2. The third-order valence-electron chi connectivity index (χ3n) is 3.27. The molecule has 7 nitrogen and oxygen atoms in total. The fourth-order valence-electron chi connectivity index (χ4n) is 2.11. The number of rotatable bonds is 3. The van der Waals surface area contributed by atoms with Crippen molar-refractivity contribution in [1.29, 1.82) is 0 Å². The highest BCUT2D eigenvalue weighted by Crippen LogP contribution is 2.11. The molecule has 21 heavy (non-hydrogen) atoms. The SMILES string of the molecule is CC1=NC(=S)NCC1C(=O)OCn1nnc2ccccc21. The van der Waals surface area contributed by atoms with Gasteiger partial charge in [-0.15, -0.1) is 5.10 Å². The molecule has 0 saturated heterocycles. The fourth-order valence-corrected chi connectivity index (χ4v) is 2.33. The molecule has 0 fully saturated rings. The van der Waals surface area contributed by atoms with Gasteiger partial charge in [0.2, 0.25) is 0 Å². The molecule has 1 N–H and O–H groups in total. The number of benzene rings is 1. The van der Waals surface area contributed by atoms with Crippen molar-refractivity contribution < 1.29 is 9.53 Å². The first-order valence-electron chi connectivity index (χ1n) is 6.43. The van der Waals surface area contributed by atoms with Crippen LogP contribution in [0.25, 0.3) is 11.0 Å². The second-order valence-electron chi connectivity index (χ2n) is 4.66. The van der Waals surface area contributed by atoms with Crippen LogP contribution < -0.4 is 5.32 Å². The molecule has 1 aromatic heterocycles. The Hall–Kier alpha value is -2.35. The summed E-state index contributed by atoms with van der Waals surface area (Å²) in [5, 5.41) is 11.2. The monoisotopic (exact) mass is 303 g/mol. The number of carbonyl (C=O) groups excluding carboxylic acids is 1. The van der Waals surface area contributed by atoms with Gasteiger partial charge in [-0.3, -0.25) is 4.79 Å². The summed E-state index contributed by atoms with van der Waals surface area (Å²) in [6.45, 7) is 2.20. The summed E-state index contributed by atoms with van der Waals surface area (Å²) in [6, 6.07) is 7.48. The van der Waals surface area contributed by atoms with E-state index in [2.05, 4.69) is 20.6 Å². The van der Waals surface area contributed by atoms with Crippen molar-refractivity contribution in [3.05, 3.63) is 24.3 Å². The predicted molar refractivity (Wildman–Crippen MR) is 80.8 cm³/mol. The van der Waals surface area contributed by atoms with Gasteiger partial charge in [0.25, 0.3) is 0 Å². The second-order valence-corrected chi connectivity index (χ2v) is 5.05. The van der Waals surface area contributed by atoms with Crippen LogP contribution >= 0.6 is 12.2 Å². The number of nitrogens with one attached hydrogen (secondary N) is 1. The van der Waals surface area contributed by atoms with Crippen LogP contribution in [0.2, 0.25) is 0 Å². The van der Waals surface area contributed by atoms with E-state index in [9.17, 15) is 4.79 Å². The van der Waals surface area contributed by atoms with E-state index in [1.807, 2.05) is 24.3 Å². The van der Waals surface area contributed by atoms with E-state index in [1.165, 1.54) is 0 Å². The van der Waals surface area contributed by atoms with Crippen molar-refractivity contribution in [3.63, 3.8) is 0 Å². The Balaban J connectivity index is 1.69. The number of para-hydroxylation sites is 1. The first-order chi connectivity index (χ1) is 10.1. The van der Waals surface area contributed by atoms with Crippen LogP contribution in [0.5, 0.6) is 0 Å². The quantitative estimate of drug-likeness (QED) is 0.670. The van der Waals surface area contributed by atoms with Crippen molar-refractivity contribution in [2.24, 2.45) is 10.9 Å². The maximum atomic E-state index is 12.1. The summed E-state index contributed by atoms with van der Waals surface area (Å²) in [7, 11) is 0. The summed E-state index contributed by atoms with van der Waals surface area (Å²) < 4.78 is 6.84. The van der Waals surface area contributed by atoms with Crippen LogP contribution in [0.1, 0.15) is 6.92 Å². The highest BCUT2D eigenvalue weighted by molar-refractivity contribution is 7.80. The van der Waals surface area contributed by atoms with Crippen LogP contribution in [0.15, 0.2) is 29.3 Å². The lowest BCUT2D eigenvalue weighted by molar-refractivity contribution is -0.150. The number of hydrogen-bond acceptors (Lipinski definition) is 5. The Morgan fingerprint density at radius 2 is 2.33 bits per heavy atom. The second kappa shape index (κ2) is 5.57. The molecule has 1 unspecified atom stereocenters. The van der Waals surface area contributed by atoms with Crippen LogP contribution in [0.3, 0.4) is 0 Å². The molecule has 0 bridgehead atoms. The predicted octanol–water partition coefficient (Wildman–Crippen LogP) is 0.897. The van der Waals surface area contributed by atoms with Gasteiger partial charge in [0, 0.05) is 12.3 Å².